The van der Waals surface area contributed by atoms with Crippen LogP contribution >= 0.6 is 0 Å². The van der Waals surface area contributed by atoms with Gasteiger partial charge in [0.05, 0.1) is 4.92 Å². The van der Waals surface area contributed by atoms with Gasteiger partial charge in [-0.1, -0.05) is 13.0 Å². The Hall–Kier alpha value is -1.71. The van der Waals surface area contributed by atoms with E-state index >= 15 is 0 Å². The van der Waals surface area contributed by atoms with Gasteiger partial charge >= 0.3 is 0 Å². The second-order valence-electron chi connectivity index (χ2n) is 3.22. The van der Waals surface area contributed by atoms with Crippen molar-refractivity contribution < 1.29 is 9.72 Å². The van der Waals surface area contributed by atoms with Gasteiger partial charge in [0.1, 0.15) is 6.29 Å². The summed E-state index contributed by atoms with van der Waals surface area (Å²) in [6, 6.07) is 4.53. The third kappa shape index (κ3) is 1.96. The zero-order valence-electron chi connectivity index (χ0n) is 8.06. The zero-order valence-corrected chi connectivity index (χ0v) is 8.06. The second-order valence-corrected chi connectivity index (χ2v) is 3.22. The molecule has 1 atom stereocenters. The number of rotatable bonds is 3. The monoisotopic (exact) mass is 193 g/mol. The fourth-order valence-electron chi connectivity index (χ4n) is 1.36. The molecule has 4 heteroatoms. The lowest BCUT2D eigenvalue weighted by molar-refractivity contribution is -0.384. The molecule has 74 valence electrons. The van der Waals surface area contributed by atoms with E-state index in [1.165, 1.54) is 12.1 Å². The third-order valence-corrected chi connectivity index (χ3v) is 2.16. The van der Waals surface area contributed by atoms with Crippen LogP contribution in [0, 0.1) is 17.0 Å². The topological polar surface area (TPSA) is 60.2 Å². The molecule has 0 aromatic heterocycles. The van der Waals surface area contributed by atoms with Crippen LogP contribution in [0.1, 0.15) is 24.0 Å². The molecule has 0 aliphatic rings. The van der Waals surface area contributed by atoms with Crippen LogP contribution in [-0.4, -0.2) is 11.2 Å². The maximum Gasteiger partial charge on any atom is 0.269 e. The molecule has 0 saturated carbocycles. The molecular weight excluding hydrogens is 182 g/mol. The van der Waals surface area contributed by atoms with Gasteiger partial charge in [-0.2, -0.15) is 0 Å². The van der Waals surface area contributed by atoms with E-state index in [2.05, 4.69) is 0 Å². The Morgan fingerprint density at radius 2 is 2.14 bits per heavy atom. The van der Waals surface area contributed by atoms with E-state index in [9.17, 15) is 14.9 Å². The van der Waals surface area contributed by atoms with E-state index in [0.29, 0.717) is 0 Å². The van der Waals surface area contributed by atoms with Gasteiger partial charge in [0.25, 0.3) is 5.69 Å². The molecule has 0 N–H and O–H groups in total. The van der Waals surface area contributed by atoms with Crippen LogP contribution in [0.25, 0.3) is 0 Å². The van der Waals surface area contributed by atoms with Crippen molar-refractivity contribution in [2.45, 2.75) is 19.8 Å². The Balaban J connectivity index is 3.13. The fourth-order valence-corrected chi connectivity index (χ4v) is 1.36. The summed E-state index contributed by atoms with van der Waals surface area (Å²) in [7, 11) is 0. The van der Waals surface area contributed by atoms with Crippen LogP contribution in [0.15, 0.2) is 18.2 Å². The summed E-state index contributed by atoms with van der Waals surface area (Å²) in [5.74, 6) is -0.212. The van der Waals surface area contributed by atoms with Crippen LogP contribution in [0.3, 0.4) is 0 Å². The predicted molar refractivity (Wildman–Crippen MR) is 52.3 cm³/mol. The smallest absolute Gasteiger partial charge is 0.269 e. The van der Waals surface area contributed by atoms with E-state index in [1.54, 1.807) is 19.9 Å². The van der Waals surface area contributed by atoms with Gasteiger partial charge in [0, 0.05) is 18.1 Å². The molecule has 0 saturated heterocycles. The number of hydrogen-bond donors (Lipinski definition) is 0. The molecule has 1 aromatic rings. The first-order valence-corrected chi connectivity index (χ1v) is 4.26. The lowest BCUT2D eigenvalue weighted by atomic mass is 9.97. The van der Waals surface area contributed by atoms with Crippen molar-refractivity contribution in [1.29, 1.82) is 0 Å². The van der Waals surface area contributed by atoms with Gasteiger partial charge in [0.2, 0.25) is 0 Å². The summed E-state index contributed by atoms with van der Waals surface area (Å²) in [5, 5.41) is 10.4. The van der Waals surface area contributed by atoms with E-state index < -0.39 is 4.92 Å². The number of nitro groups is 1. The largest absolute Gasteiger partial charge is 0.303 e. The van der Waals surface area contributed by atoms with Gasteiger partial charge in [-0.25, -0.2) is 0 Å². The Morgan fingerprint density at radius 3 is 2.57 bits per heavy atom. The summed E-state index contributed by atoms with van der Waals surface area (Å²) < 4.78 is 0. The molecule has 0 radical (unpaired) electrons. The highest BCUT2D eigenvalue weighted by molar-refractivity contribution is 5.63. The molecule has 0 aliphatic heterocycles. The van der Waals surface area contributed by atoms with Crippen LogP contribution in [0.4, 0.5) is 5.69 Å². The van der Waals surface area contributed by atoms with E-state index in [1.807, 2.05) is 0 Å². The summed E-state index contributed by atoms with van der Waals surface area (Å²) in [6.07, 6.45) is 0.828. The summed E-state index contributed by atoms with van der Waals surface area (Å²) in [6.45, 7) is 3.53. The zero-order chi connectivity index (χ0) is 10.7. The molecule has 14 heavy (non-hydrogen) atoms. The average molecular weight is 193 g/mol. The molecule has 0 aliphatic carbocycles. The molecule has 0 spiro atoms. The Labute approximate surface area is 81.7 Å². The maximum atomic E-state index is 10.5. The number of nitrogens with zero attached hydrogens (tertiary/aromatic N) is 1. The van der Waals surface area contributed by atoms with Crippen LogP contribution in [0.5, 0.6) is 0 Å². The molecule has 0 amide bonds. The molecule has 1 rings (SSSR count). The number of nitro benzene ring substituents is 1. The summed E-state index contributed by atoms with van der Waals surface area (Å²) >= 11 is 0. The lowest BCUT2D eigenvalue weighted by Gasteiger charge is -2.07. The van der Waals surface area contributed by atoms with Crippen molar-refractivity contribution >= 4 is 12.0 Å². The minimum absolute atomic E-state index is 0.0596. The quantitative estimate of drug-likeness (QED) is 0.420. The number of benzene rings is 1. The normalized spacial score (nSPS) is 12.1. The number of aldehydes is 1. The van der Waals surface area contributed by atoms with Crippen molar-refractivity contribution in [2.75, 3.05) is 0 Å². The van der Waals surface area contributed by atoms with Crippen LogP contribution in [-0.2, 0) is 4.79 Å². The van der Waals surface area contributed by atoms with Crippen molar-refractivity contribution in [3.63, 3.8) is 0 Å². The third-order valence-electron chi connectivity index (χ3n) is 2.16. The van der Waals surface area contributed by atoms with Crippen molar-refractivity contribution in [2.24, 2.45) is 0 Å². The minimum Gasteiger partial charge on any atom is -0.303 e. The van der Waals surface area contributed by atoms with Gasteiger partial charge in [-0.15, -0.1) is 0 Å². The first-order valence-electron chi connectivity index (χ1n) is 4.26. The average Bonchev–Trinajstić information content (AvgIpc) is 2.16. The standard InChI is InChI=1S/C10H11NO3/c1-7-5-9(11(13)14)3-4-10(7)8(2)6-12/h3-6,8H,1-2H3. The fraction of sp³-hybridized carbons (Fsp3) is 0.300. The lowest BCUT2D eigenvalue weighted by Crippen LogP contribution is -1.98. The highest BCUT2D eigenvalue weighted by atomic mass is 16.6. The molecule has 0 fully saturated rings. The summed E-state index contributed by atoms with van der Waals surface area (Å²) in [5.41, 5.74) is 1.67. The molecule has 0 bridgehead atoms. The predicted octanol–water partition coefficient (Wildman–Crippen LogP) is 2.21. The number of carbonyl (C=O) groups excluding carboxylic acids is 1. The van der Waals surface area contributed by atoms with Crippen molar-refractivity contribution in [3.8, 4) is 0 Å². The van der Waals surface area contributed by atoms with E-state index in [-0.39, 0.29) is 11.6 Å². The van der Waals surface area contributed by atoms with Crippen LogP contribution < -0.4 is 0 Å². The molecule has 4 nitrogen and oxygen atoms in total. The number of hydrogen-bond acceptors (Lipinski definition) is 3. The SMILES string of the molecule is Cc1cc([N+](=O)[O-])ccc1C(C)C=O. The number of carbonyl (C=O) groups is 1. The minimum atomic E-state index is -0.442. The van der Waals surface area contributed by atoms with Crippen molar-refractivity contribution in [1.82, 2.24) is 0 Å². The molecule has 1 aromatic carbocycles. The number of aryl methyl sites for hydroxylation is 1. The Morgan fingerprint density at radius 1 is 1.50 bits per heavy atom. The summed E-state index contributed by atoms with van der Waals surface area (Å²) in [4.78, 5) is 20.5. The van der Waals surface area contributed by atoms with Gasteiger partial charge < -0.3 is 4.79 Å². The molecule has 0 heterocycles. The Bertz CT molecular complexity index is 374. The second kappa shape index (κ2) is 4.00. The Kier molecular flexibility index (Phi) is 2.96. The van der Waals surface area contributed by atoms with Gasteiger partial charge in [-0.3, -0.25) is 10.1 Å². The highest BCUT2D eigenvalue weighted by Gasteiger charge is 2.11. The molecule has 1 unspecified atom stereocenters. The highest BCUT2D eigenvalue weighted by Crippen LogP contribution is 2.22. The van der Waals surface area contributed by atoms with E-state index in [0.717, 1.165) is 17.4 Å². The maximum absolute atomic E-state index is 10.5. The first-order chi connectivity index (χ1) is 6.56. The van der Waals surface area contributed by atoms with Crippen LogP contribution in [0.2, 0.25) is 0 Å². The van der Waals surface area contributed by atoms with Gasteiger partial charge in [-0.05, 0) is 18.1 Å². The molecular formula is C10H11NO3. The van der Waals surface area contributed by atoms with E-state index in [4.69, 9.17) is 0 Å². The van der Waals surface area contributed by atoms with Gasteiger partial charge in [0.15, 0.2) is 0 Å². The number of non-ortho nitro benzene ring substituents is 1. The van der Waals surface area contributed by atoms with Crippen molar-refractivity contribution in [3.05, 3.63) is 39.4 Å². The first kappa shape index (κ1) is 10.4.